The van der Waals surface area contributed by atoms with Gasteiger partial charge in [-0.2, -0.15) is 0 Å². The summed E-state index contributed by atoms with van der Waals surface area (Å²) in [6.07, 6.45) is 1.40. The molecule has 0 heterocycles. The Morgan fingerprint density at radius 1 is 1.15 bits per heavy atom. The van der Waals surface area contributed by atoms with Gasteiger partial charge in [-0.1, -0.05) is 26.7 Å². The number of hydrogen-bond acceptors (Lipinski definition) is 5. The predicted octanol–water partition coefficient (Wildman–Crippen LogP) is 1.87. The number of aliphatic hydroxyl groups excluding tert-OH is 1. The van der Waals surface area contributed by atoms with Crippen molar-refractivity contribution in [3.8, 4) is 0 Å². The largest absolute Gasteiger partial charge is 0.390 e. The van der Waals surface area contributed by atoms with Gasteiger partial charge in [-0.05, 0) is 12.8 Å². The Bertz CT molecular complexity index is 287. The van der Waals surface area contributed by atoms with E-state index >= 15 is 0 Å². The monoisotopic (exact) mass is 306 g/mol. The molecule has 0 aliphatic heterocycles. The molecule has 118 valence electrons. The quantitative estimate of drug-likeness (QED) is 0.520. The van der Waals surface area contributed by atoms with Gasteiger partial charge < -0.3 is 19.1 Å². The number of carbonyl (C=O) groups excluding carboxylic acids is 1. The number of aliphatic hydroxyl groups is 1. The zero-order chi connectivity index (χ0) is 15.0. The lowest BCUT2D eigenvalue weighted by Gasteiger charge is -2.38. The van der Waals surface area contributed by atoms with Gasteiger partial charge in [0.25, 0.3) is 0 Å². The summed E-state index contributed by atoms with van der Waals surface area (Å²) in [7, 11) is 2.12. The van der Waals surface area contributed by atoms with Crippen molar-refractivity contribution in [2.75, 3.05) is 13.2 Å². The summed E-state index contributed by atoms with van der Waals surface area (Å²) in [5.41, 5.74) is 0. The lowest BCUT2D eigenvalue weighted by atomic mass is 9.88. The van der Waals surface area contributed by atoms with Crippen molar-refractivity contribution in [1.82, 2.24) is 0 Å². The fourth-order valence-electron chi connectivity index (χ4n) is 2.28. The van der Waals surface area contributed by atoms with Crippen molar-refractivity contribution in [1.29, 1.82) is 0 Å². The number of Topliss-reactive ketones (excluding diaryl/α,β-unsaturated/α-hetero) is 1. The third-order valence-corrected chi connectivity index (χ3v) is 3.79. The molecule has 20 heavy (non-hydrogen) atoms. The Morgan fingerprint density at radius 3 is 2.20 bits per heavy atom. The van der Waals surface area contributed by atoms with E-state index in [1.807, 2.05) is 0 Å². The standard InChI is InChI=1S/C14H27O5P/c1-3-5-7-17-12-10(15)9-11(16)13(19-20)14(12)18-8-6-4-2/h10,12-15H,3-9,20H2,1-2H3/t10-,12+,13-,14-/m1/s1. The molecule has 1 fully saturated rings. The molecular formula is C14H27O5P. The molecule has 0 spiro atoms. The summed E-state index contributed by atoms with van der Waals surface area (Å²) in [4.78, 5) is 11.9. The Hall–Kier alpha value is -0.0600. The summed E-state index contributed by atoms with van der Waals surface area (Å²) >= 11 is 0. The molecule has 0 aromatic heterocycles. The summed E-state index contributed by atoms with van der Waals surface area (Å²) in [5, 5.41) is 10.1. The number of carbonyl (C=O) groups is 1. The molecule has 6 heteroatoms. The second kappa shape index (κ2) is 9.80. The summed E-state index contributed by atoms with van der Waals surface area (Å²) in [6.45, 7) is 5.25. The molecule has 0 bridgehead atoms. The van der Waals surface area contributed by atoms with Crippen molar-refractivity contribution >= 4 is 15.2 Å². The maximum atomic E-state index is 11.9. The van der Waals surface area contributed by atoms with Gasteiger partial charge in [-0.25, -0.2) is 0 Å². The molecule has 1 aliphatic carbocycles. The van der Waals surface area contributed by atoms with Gasteiger partial charge in [0.05, 0.1) is 6.10 Å². The molecule has 5 nitrogen and oxygen atoms in total. The van der Waals surface area contributed by atoms with Gasteiger partial charge in [0.2, 0.25) is 0 Å². The lowest BCUT2D eigenvalue weighted by Crippen LogP contribution is -2.56. The van der Waals surface area contributed by atoms with Crippen LogP contribution in [0.5, 0.6) is 0 Å². The first-order valence-electron chi connectivity index (χ1n) is 7.45. The molecule has 0 radical (unpaired) electrons. The molecular weight excluding hydrogens is 279 g/mol. The van der Waals surface area contributed by atoms with Gasteiger partial charge in [-0.15, -0.1) is 0 Å². The zero-order valence-corrected chi connectivity index (χ0v) is 13.6. The maximum Gasteiger partial charge on any atom is 0.167 e. The van der Waals surface area contributed by atoms with E-state index in [0.29, 0.717) is 13.2 Å². The third-order valence-electron chi connectivity index (χ3n) is 3.49. The Morgan fingerprint density at radius 2 is 1.70 bits per heavy atom. The second-order valence-corrected chi connectivity index (χ2v) is 5.44. The van der Waals surface area contributed by atoms with Gasteiger partial charge in [0, 0.05) is 29.1 Å². The summed E-state index contributed by atoms with van der Waals surface area (Å²) in [5.74, 6) is -0.135. The Kier molecular flexibility index (Phi) is 8.82. The minimum atomic E-state index is -0.817. The smallest absolute Gasteiger partial charge is 0.167 e. The highest BCUT2D eigenvalue weighted by Gasteiger charge is 2.45. The minimum Gasteiger partial charge on any atom is -0.390 e. The molecule has 5 atom stereocenters. The molecule has 0 aromatic carbocycles. The van der Waals surface area contributed by atoms with Gasteiger partial charge in [0.15, 0.2) is 5.78 Å². The van der Waals surface area contributed by atoms with E-state index in [2.05, 4.69) is 23.3 Å². The van der Waals surface area contributed by atoms with Crippen LogP contribution in [-0.2, 0) is 18.8 Å². The molecule has 0 saturated heterocycles. The van der Waals surface area contributed by atoms with Crippen LogP contribution in [0, 0.1) is 0 Å². The van der Waals surface area contributed by atoms with Crippen LogP contribution in [0.2, 0.25) is 0 Å². The van der Waals surface area contributed by atoms with Crippen molar-refractivity contribution in [3.63, 3.8) is 0 Å². The fraction of sp³-hybridized carbons (Fsp3) is 0.929. The van der Waals surface area contributed by atoms with E-state index < -0.39 is 24.4 Å². The normalized spacial score (nSPS) is 30.7. The molecule has 0 aromatic rings. The van der Waals surface area contributed by atoms with Gasteiger partial charge in [0.1, 0.15) is 18.3 Å². The first kappa shape index (κ1) is 18.0. The average Bonchev–Trinajstić information content (AvgIpc) is 2.42. The van der Waals surface area contributed by atoms with Crippen LogP contribution in [0.4, 0.5) is 0 Å². The number of rotatable bonds is 9. The Balaban J connectivity index is 2.69. The first-order chi connectivity index (χ1) is 9.65. The molecule has 1 unspecified atom stereocenters. The van der Waals surface area contributed by atoms with Crippen LogP contribution in [0.15, 0.2) is 0 Å². The number of ether oxygens (including phenoxy) is 2. The van der Waals surface area contributed by atoms with Crippen molar-refractivity contribution in [3.05, 3.63) is 0 Å². The summed E-state index contributed by atoms with van der Waals surface area (Å²) < 4.78 is 16.7. The van der Waals surface area contributed by atoms with Gasteiger partial charge in [-0.3, -0.25) is 4.79 Å². The average molecular weight is 306 g/mol. The first-order valence-corrected chi connectivity index (χ1v) is 7.92. The van der Waals surface area contributed by atoms with Crippen molar-refractivity contribution in [2.24, 2.45) is 0 Å². The number of hydrogen-bond donors (Lipinski definition) is 1. The fourth-order valence-corrected chi connectivity index (χ4v) is 2.59. The van der Waals surface area contributed by atoms with Crippen LogP contribution in [0.25, 0.3) is 0 Å². The van der Waals surface area contributed by atoms with Crippen LogP contribution in [0.1, 0.15) is 46.0 Å². The van der Waals surface area contributed by atoms with Crippen molar-refractivity contribution < 1.29 is 23.9 Å². The second-order valence-electron chi connectivity index (χ2n) is 5.17. The summed E-state index contributed by atoms with van der Waals surface area (Å²) in [6, 6.07) is 0. The maximum absolute atomic E-state index is 11.9. The molecule has 1 saturated carbocycles. The lowest BCUT2D eigenvalue weighted by molar-refractivity contribution is -0.180. The van der Waals surface area contributed by atoms with E-state index in [-0.39, 0.29) is 12.2 Å². The Labute approximate surface area is 123 Å². The number of ketones is 1. The predicted molar refractivity (Wildman–Crippen MR) is 79.5 cm³/mol. The molecule has 0 amide bonds. The SMILES string of the molecule is CCCCO[C@@H]1[C@@H](OCCCC)[C@H](OP)C(=O)C[C@H]1O. The third kappa shape index (κ3) is 5.05. The van der Waals surface area contributed by atoms with E-state index in [1.165, 1.54) is 0 Å². The minimum absolute atomic E-state index is 0.0590. The van der Waals surface area contributed by atoms with E-state index in [4.69, 9.17) is 14.0 Å². The highest BCUT2D eigenvalue weighted by Crippen LogP contribution is 2.26. The molecule has 1 aliphatic rings. The highest BCUT2D eigenvalue weighted by molar-refractivity contribution is 7.09. The van der Waals surface area contributed by atoms with Crippen LogP contribution < -0.4 is 0 Å². The highest BCUT2D eigenvalue weighted by atomic mass is 31.0. The number of unbranched alkanes of at least 4 members (excludes halogenated alkanes) is 2. The molecule has 1 rings (SSSR count). The van der Waals surface area contributed by atoms with E-state index in [9.17, 15) is 9.90 Å². The zero-order valence-electron chi connectivity index (χ0n) is 12.4. The molecule has 1 N–H and O–H groups in total. The topological polar surface area (TPSA) is 65.0 Å². The van der Waals surface area contributed by atoms with E-state index in [1.54, 1.807) is 0 Å². The van der Waals surface area contributed by atoms with Crippen LogP contribution in [-0.4, -0.2) is 48.5 Å². The van der Waals surface area contributed by atoms with Crippen molar-refractivity contribution in [2.45, 2.75) is 70.4 Å². The van der Waals surface area contributed by atoms with Gasteiger partial charge >= 0.3 is 0 Å². The van der Waals surface area contributed by atoms with Crippen LogP contribution in [0.3, 0.4) is 0 Å². The van der Waals surface area contributed by atoms with Crippen LogP contribution >= 0.6 is 9.47 Å². The van der Waals surface area contributed by atoms with E-state index in [0.717, 1.165) is 25.7 Å².